The predicted molar refractivity (Wildman–Crippen MR) is 136 cm³/mol. The molecule has 1 saturated heterocycles. The molecule has 0 radical (unpaired) electrons. The van der Waals surface area contributed by atoms with Gasteiger partial charge in [-0.3, -0.25) is 19.7 Å². The molecule has 8 heteroatoms. The molecule has 0 spiro atoms. The van der Waals surface area contributed by atoms with Crippen LogP contribution < -0.4 is 10.6 Å². The monoisotopic (exact) mass is 459 g/mol. The fourth-order valence-corrected chi connectivity index (χ4v) is 5.21. The number of nitrogens with zero attached hydrogens (tertiary/aromatic N) is 7. The molecule has 1 aromatic carbocycles. The van der Waals surface area contributed by atoms with Crippen molar-refractivity contribution < 1.29 is 0 Å². The zero-order chi connectivity index (χ0) is 24.0. The van der Waals surface area contributed by atoms with Crippen molar-refractivity contribution >= 4 is 22.1 Å². The van der Waals surface area contributed by atoms with Gasteiger partial charge in [-0.25, -0.2) is 4.98 Å². The van der Waals surface area contributed by atoms with E-state index in [2.05, 4.69) is 53.9 Å². The summed E-state index contributed by atoms with van der Waals surface area (Å²) in [5, 5.41) is 7.20. The molecule has 1 aliphatic rings. The summed E-state index contributed by atoms with van der Waals surface area (Å²) in [6.45, 7) is 10.6. The van der Waals surface area contributed by atoms with Crippen LogP contribution in [0.15, 0.2) is 47.5 Å². The van der Waals surface area contributed by atoms with Crippen LogP contribution in [0.2, 0.25) is 0 Å². The molecule has 0 amide bonds. The Morgan fingerprint density at radius 2 is 1.79 bits per heavy atom. The van der Waals surface area contributed by atoms with Gasteiger partial charge in [-0.2, -0.15) is 9.89 Å². The molecule has 1 fully saturated rings. The number of piperazine rings is 1. The van der Waals surface area contributed by atoms with Crippen molar-refractivity contribution in [2.75, 3.05) is 18.1 Å². The highest BCUT2D eigenvalue weighted by Crippen LogP contribution is 2.30. The van der Waals surface area contributed by atoms with Gasteiger partial charge in [-0.1, -0.05) is 19.9 Å². The van der Waals surface area contributed by atoms with E-state index in [1.54, 1.807) is 17.7 Å². The van der Waals surface area contributed by atoms with Crippen molar-refractivity contribution in [1.82, 2.24) is 29.3 Å². The van der Waals surface area contributed by atoms with E-state index in [-0.39, 0.29) is 11.6 Å². The van der Waals surface area contributed by atoms with Crippen molar-refractivity contribution in [2.24, 2.45) is 7.05 Å². The second kappa shape index (κ2) is 8.83. The molecule has 4 aromatic rings. The lowest BCUT2D eigenvalue weighted by Crippen LogP contribution is -2.62. The van der Waals surface area contributed by atoms with E-state index in [9.17, 15) is 4.79 Å². The van der Waals surface area contributed by atoms with Crippen molar-refractivity contribution in [1.29, 1.82) is 0 Å². The predicted octanol–water partition coefficient (Wildman–Crippen LogP) is 3.56. The van der Waals surface area contributed by atoms with Gasteiger partial charge in [-0.15, -0.1) is 0 Å². The van der Waals surface area contributed by atoms with Crippen molar-refractivity contribution in [2.45, 2.75) is 58.7 Å². The molecule has 8 nitrogen and oxygen atoms in total. The van der Waals surface area contributed by atoms with Crippen LogP contribution in [-0.2, 0) is 7.05 Å². The lowest BCUT2D eigenvalue weighted by molar-refractivity contribution is 0.0855. The maximum atomic E-state index is 12.1. The van der Waals surface area contributed by atoms with E-state index in [0.29, 0.717) is 12.1 Å². The van der Waals surface area contributed by atoms with Gasteiger partial charge >= 0.3 is 0 Å². The lowest BCUT2D eigenvalue weighted by atomic mass is 9.98. The Morgan fingerprint density at radius 1 is 1.03 bits per heavy atom. The second-order valence-electron chi connectivity index (χ2n) is 9.43. The van der Waals surface area contributed by atoms with Crippen LogP contribution in [0.3, 0.4) is 0 Å². The van der Waals surface area contributed by atoms with Gasteiger partial charge in [0.15, 0.2) is 0 Å². The topological polar surface area (TPSA) is 72.1 Å². The van der Waals surface area contributed by atoms with Crippen LogP contribution in [0.5, 0.6) is 0 Å². The van der Waals surface area contributed by atoms with Gasteiger partial charge in [0.25, 0.3) is 5.56 Å². The number of pyridine rings is 1. The first-order valence-corrected chi connectivity index (χ1v) is 12.2. The number of rotatable bonds is 5. The molecular formula is C26H33N7O. The Labute approximate surface area is 199 Å². The minimum atomic E-state index is -0.0144. The average Bonchev–Trinajstić information content (AvgIpc) is 3.29. The molecule has 178 valence electrons. The highest BCUT2D eigenvalue weighted by atomic mass is 16.1. The summed E-state index contributed by atoms with van der Waals surface area (Å²) in [6.07, 6.45) is 5.87. The SMILES string of the molecule is CC[C@@H]1CN(n2cc3c(ccc(=O)n3C)n2)[C@@H](CC)CN1C(C)c1ccc2ncc(C)nc2c1. The van der Waals surface area contributed by atoms with Crippen LogP contribution in [0.1, 0.15) is 50.9 Å². The first-order valence-electron chi connectivity index (χ1n) is 12.2. The number of hydrogen-bond donors (Lipinski definition) is 0. The Bertz CT molecular complexity index is 1390. The zero-order valence-electron chi connectivity index (χ0n) is 20.6. The maximum absolute atomic E-state index is 12.1. The molecule has 5 rings (SSSR count). The highest BCUT2D eigenvalue weighted by molar-refractivity contribution is 5.75. The maximum Gasteiger partial charge on any atom is 0.250 e. The lowest BCUT2D eigenvalue weighted by Gasteiger charge is -2.49. The van der Waals surface area contributed by atoms with Crippen LogP contribution in [0.25, 0.3) is 22.1 Å². The summed E-state index contributed by atoms with van der Waals surface area (Å²) >= 11 is 0. The Morgan fingerprint density at radius 3 is 2.56 bits per heavy atom. The van der Waals surface area contributed by atoms with Crippen LogP contribution in [0, 0.1) is 6.92 Å². The number of benzene rings is 1. The number of aromatic nitrogens is 5. The number of fused-ring (bicyclic) bond motifs is 2. The van der Waals surface area contributed by atoms with Gasteiger partial charge < -0.3 is 4.57 Å². The van der Waals surface area contributed by atoms with Crippen LogP contribution in [0.4, 0.5) is 0 Å². The van der Waals surface area contributed by atoms with E-state index in [0.717, 1.165) is 53.7 Å². The molecule has 1 aliphatic heterocycles. The molecule has 1 unspecified atom stereocenters. The number of hydrogen-bond acceptors (Lipinski definition) is 6. The van der Waals surface area contributed by atoms with Crippen molar-refractivity contribution in [3.05, 3.63) is 64.3 Å². The van der Waals surface area contributed by atoms with E-state index < -0.39 is 0 Å². The van der Waals surface area contributed by atoms with E-state index in [1.807, 2.05) is 30.2 Å². The third kappa shape index (κ3) is 3.86. The fourth-order valence-electron chi connectivity index (χ4n) is 5.21. The molecule has 0 bridgehead atoms. The summed E-state index contributed by atoms with van der Waals surface area (Å²) in [6, 6.07) is 10.8. The van der Waals surface area contributed by atoms with Gasteiger partial charge in [0.1, 0.15) is 5.52 Å². The van der Waals surface area contributed by atoms with Crippen LogP contribution >= 0.6 is 0 Å². The molecule has 3 atom stereocenters. The zero-order valence-corrected chi connectivity index (χ0v) is 20.6. The smallest absolute Gasteiger partial charge is 0.250 e. The minimum absolute atomic E-state index is 0.0144. The summed E-state index contributed by atoms with van der Waals surface area (Å²) in [4.78, 5) is 25.9. The van der Waals surface area contributed by atoms with Gasteiger partial charge in [0, 0.05) is 37.9 Å². The first kappa shape index (κ1) is 22.5. The third-order valence-corrected chi connectivity index (χ3v) is 7.37. The summed E-state index contributed by atoms with van der Waals surface area (Å²) in [7, 11) is 1.80. The largest absolute Gasteiger partial charge is 0.308 e. The van der Waals surface area contributed by atoms with Crippen molar-refractivity contribution in [3.63, 3.8) is 0 Å². The molecule has 0 saturated carbocycles. The second-order valence-corrected chi connectivity index (χ2v) is 9.43. The standard InChI is InChI=1S/C26H33N7O/c1-6-20-15-32(33-16-25-23(29-33)10-11-26(34)30(25)5)21(7-2)14-31(20)18(4)19-8-9-22-24(12-19)28-17(3)13-27-22/h8-13,16,18,20-21H,6-7,14-15H2,1-5H3/t18?,20-,21+/m1/s1. The Hall–Kier alpha value is -3.26. The molecule has 34 heavy (non-hydrogen) atoms. The quantitative estimate of drug-likeness (QED) is 0.454. The fraction of sp³-hybridized carbons (Fsp3) is 0.462. The van der Waals surface area contributed by atoms with Gasteiger partial charge in [0.05, 0.1) is 41.0 Å². The van der Waals surface area contributed by atoms with Gasteiger partial charge in [0.2, 0.25) is 0 Å². The number of aryl methyl sites for hydroxylation is 2. The van der Waals surface area contributed by atoms with E-state index >= 15 is 0 Å². The first-order chi connectivity index (χ1) is 16.4. The van der Waals surface area contributed by atoms with Gasteiger partial charge in [-0.05, 0) is 50.5 Å². The molecule has 0 N–H and O–H groups in total. The molecular weight excluding hydrogens is 426 g/mol. The van der Waals surface area contributed by atoms with Crippen LogP contribution in [-0.4, -0.2) is 54.5 Å². The Kier molecular flexibility index (Phi) is 5.85. The summed E-state index contributed by atoms with van der Waals surface area (Å²) in [5.41, 5.74) is 5.79. The Balaban J connectivity index is 1.45. The molecule has 4 heterocycles. The van der Waals surface area contributed by atoms with Crippen molar-refractivity contribution in [3.8, 4) is 0 Å². The van der Waals surface area contributed by atoms with E-state index in [1.165, 1.54) is 5.56 Å². The third-order valence-electron chi connectivity index (χ3n) is 7.37. The molecule has 3 aromatic heterocycles. The summed E-state index contributed by atoms with van der Waals surface area (Å²) < 4.78 is 1.67. The van der Waals surface area contributed by atoms with E-state index in [4.69, 9.17) is 10.1 Å². The summed E-state index contributed by atoms with van der Waals surface area (Å²) in [5.74, 6) is 0. The normalized spacial score (nSPS) is 20.3. The minimum Gasteiger partial charge on any atom is -0.308 e. The highest BCUT2D eigenvalue weighted by Gasteiger charge is 2.36. The molecule has 0 aliphatic carbocycles. The average molecular weight is 460 g/mol.